The molecule has 0 bridgehead atoms. The van der Waals surface area contributed by atoms with E-state index in [2.05, 4.69) is 10.0 Å². The number of hydrogen-bond acceptors (Lipinski definition) is 7. The highest BCUT2D eigenvalue weighted by atomic mass is 32.2. The van der Waals surface area contributed by atoms with Crippen LogP contribution in [0.5, 0.6) is 23.0 Å². The number of amides is 1. The summed E-state index contributed by atoms with van der Waals surface area (Å²) in [5.41, 5.74) is 0.928. The first-order chi connectivity index (χ1) is 14.8. The molecule has 170 valence electrons. The van der Waals surface area contributed by atoms with Crippen molar-refractivity contribution in [2.75, 3.05) is 41.5 Å². The maximum Gasteiger partial charge on any atom is 0.240 e. The van der Waals surface area contributed by atoms with Crippen LogP contribution in [0.25, 0.3) is 0 Å². The third-order valence-corrected chi connectivity index (χ3v) is 5.98. The molecule has 1 amide bonds. The summed E-state index contributed by atoms with van der Waals surface area (Å²) in [6.07, 6.45) is 0.572. The molecule has 0 aromatic heterocycles. The van der Waals surface area contributed by atoms with E-state index in [-0.39, 0.29) is 23.8 Å². The molecule has 0 spiro atoms. The minimum Gasteiger partial charge on any atom is -0.497 e. The van der Waals surface area contributed by atoms with Gasteiger partial charge in [-0.1, -0.05) is 6.07 Å². The van der Waals surface area contributed by atoms with E-state index in [1.165, 1.54) is 32.4 Å². The van der Waals surface area contributed by atoms with Crippen LogP contribution in [-0.2, 0) is 21.2 Å². The standard InChI is InChI=1S/C21H28N2O7S/c1-27-16-6-5-15(19(13-16)29-3)9-11-22-21(24)10-12-23-31(25,26)17-7-8-18(28-2)20(14-17)30-4/h5-8,13-14,23H,9-12H2,1-4H3,(H,22,24). The Balaban J connectivity index is 1.83. The Bertz CT molecular complexity index is 993. The third kappa shape index (κ3) is 6.76. The number of sulfonamides is 1. The van der Waals surface area contributed by atoms with Crippen molar-refractivity contribution in [3.8, 4) is 23.0 Å². The number of methoxy groups -OCH3 is 4. The van der Waals surface area contributed by atoms with E-state index in [1.807, 2.05) is 12.1 Å². The van der Waals surface area contributed by atoms with E-state index < -0.39 is 10.0 Å². The predicted octanol–water partition coefficient (Wildman–Crippen LogP) is 1.75. The van der Waals surface area contributed by atoms with Crippen molar-refractivity contribution in [1.29, 1.82) is 0 Å². The van der Waals surface area contributed by atoms with Crippen LogP contribution in [-0.4, -0.2) is 55.9 Å². The summed E-state index contributed by atoms with van der Waals surface area (Å²) in [5.74, 6) is 1.83. The molecule has 0 radical (unpaired) electrons. The zero-order valence-corrected chi connectivity index (χ0v) is 18.9. The maximum absolute atomic E-state index is 12.4. The van der Waals surface area contributed by atoms with Gasteiger partial charge in [0, 0.05) is 31.6 Å². The van der Waals surface area contributed by atoms with Gasteiger partial charge in [0.1, 0.15) is 11.5 Å². The molecule has 0 saturated heterocycles. The summed E-state index contributed by atoms with van der Waals surface area (Å²) < 4.78 is 48.0. The molecule has 9 nitrogen and oxygen atoms in total. The fourth-order valence-corrected chi connectivity index (χ4v) is 3.90. The average molecular weight is 453 g/mol. The van der Waals surface area contributed by atoms with Gasteiger partial charge >= 0.3 is 0 Å². The Morgan fingerprint density at radius 1 is 0.839 bits per heavy atom. The molecule has 0 unspecified atom stereocenters. The van der Waals surface area contributed by atoms with Crippen LogP contribution in [0, 0.1) is 0 Å². The molecule has 2 rings (SSSR count). The highest BCUT2D eigenvalue weighted by molar-refractivity contribution is 7.89. The lowest BCUT2D eigenvalue weighted by Crippen LogP contribution is -2.31. The molecular formula is C21H28N2O7S. The normalized spacial score (nSPS) is 11.0. The molecule has 2 N–H and O–H groups in total. The van der Waals surface area contributed by atoms with Gasteiger partial charge in [-0.15, -0.1) is 0 Å². The Morgan fingerprint density at radius 3 is 2.19 bits per heavy atom. The molecule has 2 aromatic carbocycles. The van der Waals surface area contributed by atoms with Gasteiger partial charge in [0.05, 0.1) is 33.3 Å². The predicted molar refractivity (Wildman–Crippen MR) is 116 cm³/mol. The van der Waals surface area contributed by atoms with Crippen molar-refractivity contribution < 1.29 is 32.2 Å². The van der Waals surface area contributed by atoms with Crippen LogP contribution in [0.2, 0.25) is 0 Å². The number of hydrogen-bond donors (Lipinski definition) is 2. The van der Waals surface area contributed by atoms with Crippen molar-refractivity contribution in [3.63, 3.8) is 0 Å². The van der Waals surface area contributed by atoms with E-state index in [9.17, 15) is 13.2 Å². The van der Waals surface area contributed by atoms with Crippen molar-refractivity contribution in [2.24, 2.45) is 0 Å². The van der Waals surface area contributed by atoms with Gasteiger partial charge in [0.25, 0.3) is 0 Å². The highest BCUT2D eigenvalue weighted by Crippen LogP contribution is 2.29. The third-order valence-electron chi connectivity index (χ3n) is 4.52. The molecule has 2 aromatic rings. The highest BCUT2D eigenvalue weighted by Gasteiger charge is 2.17. The number of carbonyl (C=O) groups is 1. The monoisotopic (exact) mass is 452 g/mol. The lowest BCUT2D eigenvalue weighted by molar-refractivity contribution is -0.120. The van der Waals surface area contributed by atoms with E-state index in [4.69, 9.17) is 18.9 Å². The molecular weight excluding hydrogens is 424 g/mol. The quantitative estimate of drug-likeness (QED) is 0.505. The summed E-state index contributed by atoms with van der Waals surface area (Å²) in [6, 6.07) is 9.76. The van der Waals surface area contributed by atoms with Gasteiger partial charge in [0.2, 0.25) is 15.9 Å². The molecule has 0 aliphatic heterocycles. The lowest BCUT2D eigenvalue weighted by atomic mass is 10.1. The van der Waals surface area contributed by atoms with Crippen molar-refractivity contribution in [3.05, 3.63) is 42.0 Å². The van der Waals surface area contributed by atoms with E-state index >= 15 is 0 Å². The summed E-state index contributed by atoms with van der Waals surface area (Å²) in [4.78, 5) is 12.1. The van der Waals surface area contributed by atoms with Crippen LogP contribution in [0.3, 0.4) is 0 Å². The second kappa shape index (κ2) is 11.4. The van der Waals surface area contributed by atoms with E-state index in [0.717, 1.165) is 5.56 Å². The molecule has 0 aliphatic carbocycles. The second-order valence-electron chi connectivity index (χ2n) is 6.44. The Morgan fingerprint density at radius 2 is 1.55 bits per heavy atom. The molecule has 31 heavy (non-hydrogen) atoms. The zero-order chi connectivity index (χ0) is 22.9. The molecule has 0 saturated carbocycles. The fraction of sp³-hybridized carbons (Fsp3) is 0.381. The Hall–Kier alpha value is -2.98. The van der Waals surface area contributed by atoms with Gasteiger partial charge in [-0.05, 0) is 30.2 Å². The molecule has 0 aliphatic rings. The molecule has 0 atom stereocenters. The summed E-state index contributed by atoms with van der Waals surface area (Å²) in [7, 11) is 2.25. The van der Waals surface area contributed by atoms with E-state index in [1.54, 1.807) is 20.3 Å². The van der Waals surface area contributed by atoms with Gasteiger partial charge < -0.3 is 24.3 Å². The van der Waals surface area contributed by atoms with Gasteiger partial charge in [-0.3, -0.25) is 4.79 Å². The van der Waals surface area contributed by atoms with Gasteiger partial charge in [-0.25, -0.2) is 13.1 Å². The van der Waals surface area contributed by atoms with Crippen LogP contribution >= 0.6 is 0 Å². The van der Waals surface area contributed by atoms with Crippen molar-refractivity contribution >= 4 is 15.9 Å². The SMILES string of the molecule is COc1ccc(CCNC(=O)CCNS(=O)(=O)c2ccc(OC)c(OC)c2)c(OC)c1. The minimum atomic E-state index is -3.79. The summed E-state index contributed by atoms with van der Waals surface area (Å²) >= 11 is 0. The van der Waals surface area contributed by atoms with Crippen LogP contribution in [0.15, 0.2) is 41.3 Å². The maximum atomic E-state index is 12.4. The molecule has 0 heterocycles. The first-order valence-corrected chi connectivity index (χ1v) is 11.0. The summed E-state index contributed by atoms with van der Waals surface area (Å²) in [5, 5.41) is 2.77. The number of rotatable bonds is 12. The minimum absolute atomic E-state index is 0.00622. The van der Waals surface area contributed by atoms with Crippen LogP contribution in [0.4, 0.5) is 0 Å². The molecule has 0 fully saturated rings. The topological polar surface area (TPSA) is 112 Å². The smallest absolute Gasteiger partial charge is 0.240 e. The largest absolute Gasteiger partial charge is 0.497 e. The van der Waals surface area contributed by atoms with Gasteiger partial charge in [-0.2, -0.15) is 0 Å². The van der Waals surface area contributed by atoms with Crippen molar-refractivity contribution in [1.82, 2.24) is 10.0 Å². The van der Waals surface area contributed by atoms with E-state index in [0.29, 0.717) is 36.0 Å². The number of carbonyl (C=O) groups excluding carboxylic acids is 1. The zero-order valence-electron chi connectivity index (χ0n) is 18.1. The average Bonchev–Trinajstić information content (AvgIpc) is 2.78. The second-order valence-corrected chi connectivity index (χ2v) is 8.21. The van der Waals surface area contributed by atoms with Crippen LogP contribution < -0.4 is 29.0 Å². The number of nitrogens with one attached hydrogen (secondary N) is 2. The molecule has 10 heteroatoms. The lowest BCUT2D eigenvalue weighted by Gasteiger charge is -2.12. The number of ether oxygens (including phenoxy) is 4. The van der Waals surface area contributed by atoms with Crippen LogP contribution in [0.1, 0.15) is 12.0 Å². The fourth-order valence-electron chi connectivity index (χ4n) is 2.85. The first kappa shape index (κ1) is 24.3. The Labute approximate surface area is 182 Å². The first-order valence-electron chi connectivity index (χ1n) is 9.54. The van der Waals surface area contributed by atoms with Gasteiger partial charge in [0.15, 0.2) is 11.5 Å². The van der Waals surface area contributed by atoms with Crippen molar-refractivity contribution in [2.45, 2.75) is 17.7 Å². The summed E-state index contributed by atoms with van der Waals surface area (Å²) in [6.45, 7) is 0.359. The Kier molecular flexibility index (Phi) is 8.95. The number of benzene rings is 2.